The Bertz CT molecular complexity index is 287. The van der Waals surface area contributed by atoms with Crippen LogP contribution in [0.1, 0.15) is 46.0 Å². The Hall–Kier alpha value is -0.650. The van der Waals surface area contributed by atoms with E-state index in [4.69, 9.17) is 15.2 Å². The van der Waals surface area contributed by atoms with Crippen molar-refractivity contribution in [3.63, 3.8) is 0 Å². The van der Waals surface area contributed by atoms with Crippen molar-refractivity contribution in [1.82, 2.24) is 4.90 Å². The standard InChI is InChI=1S/C15H30N2O3/c1-4-20-13-7-11-17(12-8-13)10-6-5-9-15(2,16)14(18)19-3/h13H,4-12,16H2,1-3H3. The van der Waals surface area contributed by atoms with E-state index in [9.17, 15) is 4.79 Å². The number of likely N-dealkylation sites (tertiary alicyclic amines) is 1. The van der Waals surface area contributed by atoms with E-state index in [1.165, 1.54) is 7.11 Å². The molecule has 0 aromatic rings. The molecule has 0 aliphatic carbocycles. The van der Waals surface area contributed by atoms with E-state index in [0.29, 0.717) is 12.5 Å². The minimum atomic E-state index is -0.850. The monoisotopic (exact) mass is 286 g/mol. The van der Waals surface area contributed by atoms with E-state index in [2.05, 4.69) is 11.8 Å². The molecule has 118 valence electrons. The van der Waals surface area contributed by atoms with Gasteiger partial charge in [-0.05, 0) is 52.5 Å². The summed E-state index contributed by atoms with van der Waals surface area (Å²) < 4.78 is 10.4. The van der Waals surface area contributed by atoms with Gasteiger partial charge in [-0.2, -0.15) is 0 Å². The van der Waals surface area contributed by atoms with Gasteiger partial charge in [0.15, 0.2) is 0 Å². The first kappa shape index (κ1) is 17.4. The zero-order chi connectivity index (χ0) is 15.0. The number of esters is 1. The molecule has 1 heterocycles. The summed E-state index contributed by atoms with van der Waals surface area (Å²) in [4.78, 5) is 13.9. The molecule has 0 aromatic heterocycles. The van der Waals surface area contributed by atoms with Gasteiger partial charge in [-0.25, -0.2) is 0 Å². The summed E-state index contributed by atoms with van der Waals surface area (Å²) in [6.07, 6.45) is 5.41. The molecule has 5 nitrogen and oxygen atoms in total. The van der Waals surface area contributed by atoms with Crippen molar-refractivity contribution in [2.75, 3.05) is 33.4 Å². The molecule has 0 aromatic carbocycles. The van der Waals surface area contributed by atoms with Crippen LogP contribution in [0.5, 0.6) is 0 Å². The molecule has 1 atom stereocenters. The average Bonchev–Trinajstić information content (AvgIpc) is 2.44. The third-order valence-electron chi connectivity index (χ3n) is 4.01. The minimum Gasteiger partial charge on any atom is -0.468 e. The summed E-state index contributed by atoms with van der Waals surface area (Å²) in [5, 5.41) is 0. The van der Waals surface area contributed by atoms with Crippen LogP contribution in [0, 0.1) is 0 Å². The van der Waals surface area contributed by atoms with E-state index in [-0.39, 0.29) is 5.97 Å². The highest BCUT2D eigenvalue weighted by atomic mass is 16.5. The zero-order valence-electron chi connectivity index (χ0n) is 13.2. The summed E-state index contributed by atoms with van der Waals surface area (Å²) in [7, 11) is 1.38. The normalized spacial score (nSPS) is 20.6. The molecular weight excluding hydrogens is 256 g/mol. The Balaban J connectivity index is 2.12. The first-order valence-electron chi connectivity index (χ1n) is 7.71. The van der Waals surface area contributed by atoms with Crippen molar-refractivity contribution < 1.29 is 14.3 Å². The number of hydrogen-bond acceptors (Lipinski definition) is 5. The Morgan fingerprint density at radius 3 is 2.55 bits per heavy atom. The SMILES string of the molecule is CCOC1CCN(CCCCC(C)(N)C(=O)OC)CC1. The first-order valence-corrected chi connectivity index (χ1v) is 7.71. The van der Waals surface area contributed by atoms with Crippen LogP contribution in [0.2, 0.25) is 0 Å². The van der Waals surface area contributed by atoms with Crippen LogP contribution in [0.15, 0.2) is 0 Å². The first-order chi connectivity index (χ1) is 9.49. The quantitative estimate of drug-likeness (QED) is 0.542. The molecule has 1 aliphatic rings. The number of unbranched alkanes of at least 4 members (excludes halogenated alkanes) is 1. The van der Waals surface area contributed by atoms with E-state index in [0.717, 1.165) is 51.9 Å². The third-order valence-corrected chi connectivity index (χ3v) is 4.01. The number of nitrogens with two attached hydrogens (primary N) is 1. The fourth-order valence-corrected chi connectivity index (χ4v) is 2.70. The highest BCUT2D eigenvalue weighted by molar-refractivity contribution is 5.79. The van der Waals surface area contributed by atoms with Crippen molar-refractivity contribution in [2.45, 2.75) is 57.6 Å². The van der Waals surface area contributed by atoms with Crippen LogP contribution in [0.3, 0.4) is 0 Å². The van der Waals surface area contributed by atoms with Crippen LogP contribution in [0.4, 0.5) is 0 Å². The van der Waals surface area contributed by atoms with Crippen LogP contribution in [0.25, 0.3) is 0 Å². The minimum absolute atomic E-state index is 0.324. The molecule has 20 heavy (non-hydrogen) atoms. The van der Waals surface area contributed by atoms with Gasteiger partial charge in [0.25, 0.3) is 0 Å². The zero-order valence-corrected chi connectivity index (χ0v) is 13.2. The van der Waals surface area contributed by atoms with Gasteiger partial charge in [0.1, 0.15) is 5.54 Å². The summed E-state index contributed by atoms with van der Waals surface area (Å²) in [5.74, 6) is -0.324. The predicted molar refractivity (Wildman–Crippen MR) is 79.5 cm³/mol. The van der Waals surface area contributed by atoms with E-state index in [1.54, 1.807) is 6.92 Å². The molecule has 1 rings (SSSR count). The van der Waals surface area contributed by atoms with Gasteiger partial charge >= 0.3 is 5.97 Å². The summed E-state index contributed by atoms with van der Waals surface area (Å²) in [6, 6.07) is 0. The lowest BCUT2D eigenvalue weighted by atomic mass is 9.96. The van der Waals surface area contributed by atoms with Crippen LogP contribution in [-0.4, -0.2) is 55.9 Å². The van der Waals surface area contributed by atoms with Crippen molar-refractivity contribution in [3.8, 4) is 0 Å². The Morgan fingerprint density at radius 1 is 1.35 bits per heavy atom. The smallest absolute Gasteiger partial charge is 0.325 e. The van der Waals surface area contributed by atoms with Gasteiger partial charge in [0, 0.05) is 19.7 Å². The highest BCUT2D eigenvalue weighted by Crippen LogP contribution is 2.16. The van der Waals surface area contributed by atoms with Gasteiger partial charge in [0.05, 0.1) is 13.2 Å². The van der Waals surface area contributed by atoms with Gasteiger partial charge in [-0.1, -0.05) is 0 Å². The summed E-state index contributed by atoms with van der Waals surface area (Å²) in [5.41, 5.74) is 5.09. The molecular formula is C15H30N2O3. The second-order valence-electron chi connectivity index (χ2n) is 5.86. The molecule has 1 fully saturated rings. The van der Waals surface area contributed by atoms with Gasteiger partial charge in [0.2, 0.25) is 0 Å². The van der Waals surface area contributed by atoms with E-state index < -0.39 is 5.54 Å². The number of ether oxygens (including phenoxy) is 2. The van der Waals surface area contributed by atoms with Crippen molar-refractivity contribution in [2.24, 2.45) is 5.73 Å². The number of hydrogen-bond donors (Lipinski definition) is 1. The van der Waals surface area contributed by atoms with Gasteiger partial charge in [-0.3, -0.25) is 4.79 Å². The Labute approximate surface area is 122 Å². The number of carbonyl (C=O) groups is 1. The fraction of sp³-hybridized carbons (Fsp3) is 0.933. The van der Waals surface area contributed by atoms with E-state index in [1.807, 2.05) is 0 Å². The molecule has 0 radical (unpaired) electrons. The molecule has 0 saturated carbocycles. The number of methoxy groups -OCH3 is 1. The summed E-state index contributed by atoms with van der Waals surface area (Å²) >= 11 is 0. The molecule has 5 heteroatoms. The van der Waals surface area contributed by atoms with E-state index >= 15 is 0 Å². The number of nitrogens with zero attached hydrogens (tertiary/aromatic N) is 1. The maximum absolute atomic E-state index is 11.5. The molecule has 0 amide bonds. The van der Waals surface area contributed by atoms with Crippen LogP contribution in [-0.2, 0) is 14.3 Å². The van der Waals surface area contributed by atoms with Crippen LogP contribution >= 0.6 is 0 Å². The number of rotatable bonds is 8. The Kier molecular flexibility index (Phi) is 7.48. The average molecular weight is 286 g/mol. The predicted octanol–water partition coefficient (Wildman–Crippen LogP) is 1.55. The fourth-order valence-electron chi connectivity index (χ4n) is 2.70. The van der Waals surface area contributed by atoms with Crippen molar-refractivity contribution in [3.05, 3.63) is 0 Å². The van der Waals surface area contributed by atoms with Crippen molar-refractivity contribution >= 4 is 5.97 Å². The molecule has 1 aliphatic heterocycles. The lowest BCUT2D eigenvalue weighted by molar-refractivity contribution is -0.146. The van der Waals surface area contributed by atoms with Gasteiger partial charge < -0.3 is 20.1 Å². The van der Waals surface area contributed by atoms with Gasteiger partial charge in [-0.15, -0.1) is 0 Å². The molecule has 2 N–H and O–H groups in total. The number of carbonyl (C=O) groups excluding carboxylic acids is 1. The maximum Gasteiger partial charge on any atom is 0.325 e. The third kappa shape index (κ3) is 5.77. The molecule has 0 spiro atoms. The Morgan fingerprint density at radius 2 is 2.00 bits per heavy atom. The topological polar surface area (TPSA) is 64.8 Å². The lowest BCUT2D eigenvalue weighted by Gasteiger charge is -2.31. The summed E-state index contributed by atoms with van der Waals surface area (Å²) in [6.45, 7) is 7.91. The molecule has 0 bridgehead atoms. The second kappa shape index (κ2) is 8.60. The highest BCUT2D eigenvalue weighted by Gasteiger charge is 2.28. The largest absolute Gasteiger partial charge is 0.468 e. The number of piperidine rings is 1. The maximum atomic E-state index is 11.5. The lowest BCUT2D eigenvalue weighted by Crippen LogP contribution is -2.45. The molecule has 1 saturated heterocycles. The van der Waals surface area contributed by atoms with Crippen LogP contribution < -0.4 is 5.73 Å². The second-order valence-corrected chi connectivity index (χ2v) is 5.86. The van der Waals surface area contributed by atoms with Crippen molar-refractivity contribution in [1.29, 1.82) is 0 Å². The molecule has 1 unspecified atom stereocenters.